The zero-order valence-corrected chi connectivity index (χ0v) is 59.4. The molecule has 0 aliphatic heterocycles. The lowest BCUT2D eigenvalue weighted by Crippen LogP contribution is -2.37. The fraction of sp³-hybridized carbons (Fsp3) is 0.795. The van der Waals surface area contributed by atoms with Crippen molar-refractivity contribution in [1.29, 1.82) is 0 Å². The van der Waals surface area contributed by atoms with Crippen LogP contribution in [-0.4, -0.2) is 74.9 Å². The normalized spacial score (nSPS) is 13.6. The Morgan fingerprint density at radius 3 is 0.966 bits per heavy atom. The lowest BCUT2D eigenvalue weighted by molar-refractivity contribution is -0.870. The molecule has 0 fully saturated rings. The summed E-state index contributed by atoms with van der Waals surface area (Å²) in [4.78, 5) is 35.9. The predicted molar refractivity (Wildman–Crippen MR) is 381 cm³/mol. The highest BCUT2D eigenvalue weighted by atomic mass is 31.2. The summed E-state index contributed by atoms with van der Waals surface area (Å²) in [5.41, 5.74) is 0. The van der Waals surface area contributed by atoms with Crippen LogP contribution in [-0.2, 0) is 32.7 Å². The number of carbonyl (C=O) groups excluding carboxylic acids is 2. The van der Waals surface area contributed by atoms with Crippen molar-refractivity contribution >= 4 is 19.8 Å². The summed E-state index contributed by atoms with van der Waals surface area (Å²) in [6.45, 7) is 4.38. The van der Waals surface area contributed by atoms with Crippen LogP contribution in [0.4, 0.5) is 0 Å². The lowest BCUT2D eigenvalue weighted by atomic mass is 10.0. The highest BCUT2D eigenvalue weighted by molar-refractivity contribution is 7.47. The Bertz CT molecular complexity index is 1760. The van der Waals surface area contributed by atoms with E-state index in [1.165, 1.54) is 238 Å². The highest BCUT2D eigenvalue weighted by Gasteiger charge is 2.27. The van der Waals surface area contributed by atoms with Crippen molar-refractivity contribution in [3.8, 4) is 0 Å². The summed E-state index contributed by atoms with van der Waals surface area (Å²) >= 11 is 0. The number of allylic oxidation sites excluding steroid dienone is 14. The van der Waals surface area contributed by atoms with Crippen molar-refractivity contribution in [3.05, 3.63) is 85.1 Å². The molecule has 0 amide bonds. The predicted octanol–water partition coefficient (Wildman–Crippen LogP) is 24.5. The molecule has 9 nitrogen and oxygen atoms in total. The van der Waals surface area contributed by atoms with Crippen molar-refractivity contribution < 1.29 is 42.1 Å². The van der Waals surface area contributed by atoms with Gasteiger partial charge in [0, 0.05) is 12.8 Å². The average molecular weight is 1250 g/mol. The maximum Gasteiger partial charge on any atom is 0.472 e. The molecule has 0 saturated carbocycles. The van der Waals surface area contributed by atoms with E-state index in [9.17, 15) is 19.0 Å². The van der Waals surface area contributed by atoms with Crippen LogP contribution >= 0.6 is 7.82 Å². The number of quaternary nitrogens is 1. The van der Waals surface area contributed by atoms with E-state index in [2.05, 4.69) is 98.9 Å². The minimum atomic E-state index is -4.39. The SMILES string of the molecule is CC/C=C\C/C=C\C/C=C\C/C=C\C/C=C\C/C=C\C/C=C\CCCCCCCCCCCCCCCCCCCC(=O)OC(COC(=O)CCCCCCCCCCCCCCCCCCCCCCCCCCC)COP(=O)(O)OCC[N+](C)(C)C. The van der Waals surface area contributed by atoms with Crippen molar-refractivity contribution in [2.75, 3.05) is 47.5 Å². The van der Waals surface area contributed by atoms with Crippen molar-refractivity contribution in [2.45, 2.75) is 354 Å². The molecule has 0 bridgehead atoms. The van der Waals surface area contributed by atoms with Gasteiger partial charge in [-0.05, 0) is 70.6 Å². The van der Waals surface area contributed by atoms with Crippen LogP contribution in [0.5, 0.6) is 0 Å². The maximum absolute atomic E-state index is 12.9. The number of hydrogen-bond donors (Lipinski definition) is 1. The quantitative estimate of drug-likeness (QED) is 0.0211. The molecule has 0 saturated heterocycles. The minimum absolute atomic E-state index is 0.0324. The summed E-state index contributed by atoms with van der Waals surface area (Å²) in [5.74, 6) is -0.780. The fourth-order valence-electron chi connectivity index (χ4n) is 10.8. The number of likely N-dealkylation sites (N-methyl/N-ethyl adjacent to an activating group) is 1. The standard InChI is InChI=1S/C78H142NO8P/c1-6-8-10-12-14-16-18-20-22-24-26-28-30-32-33-34-35-36-37-38-39-40-41-42-43-44-45-47-49-51-53-55-57-59-61-63-65-67-69-71-78(81)87-76(75-86-88(82,83)85-73-72-79(3,4)5)74-84-77(80)70-68-66-64-62-60-58-56-54-52-50-48-46-31-29-27-25-23-21-19-17-15-13-11-9-7-2/h8,10,14,16,20,22,26,28,32-33,35-36,38-39,76H,6-7,9,11-13,15,17-19,21,23-25,27,29-31,34,37,40-75H2,1-5H3/p+1/b10-8-,16-14-,22-20-,28-26-,33-32-,36-35-,39-38-. The summed E-state index contributed by atoms with van der Waals surface area (Å²) in [7, 11) is 1.49. The molecule has 2 unspecified atom stereocenters. The van der Waals surface area contributed by atoms with Crippen molar-refractivity contribution in [1.82, 2.24) is 0 Å². The Balaban J connectivity index is 3.97. The molecule has 2 atom stereocenters. The van der Waals surface area contributed by atoms with Gasteiger partial charge in [-0.15, -0.1) is 0 Å². The second-order valence-corrected chi connectivity index (χ2v) is 27.8. The zero-order chi connectivity index (χ0) is 64.1. The van der Waals surface area contributed by atoms with Crippen molar-refractivity contribution in [3.63, 3.8) is 0 Å². The average Bonchev–Trinajstić information content (AvgIpc) is 3.68. The van der Waals surface area contributed by atoms with Gasteiger partial charge in [0.2, 0.25) is 0 Å². The number of rotatable bonds is 69. The molecular weight excluding hydrogens is 1110 g/mol. The molecule has 10 heteroatoms. The topological polar surface area (TPSA) is 108 Å². The largest absolute Gasteiger partial charge is 0.472 e. The van der Waals surface area contributed by atoms with Gasteiger partial charge in [-0.25, -0.2) is 4.57 Å². The van der Waals surface area contributed by atoms with Crippen LogP contribution in [0.2, 0.25) is 0 Å². The Hall–Kier alpha value is -2.81. The summed E-state index contributed by atoms with van der Waals surface area (Å²) in [6, 6.07) is 0. The van der Waals surface area contributed by atoms with Crippen LogP contribution < -0.4 is 0 Å². The number of phosphoric acid groups is 1. The molecule has 0 aromatic carbocycles. The smallest absolute Gasteiger partial charge is 0.462 e. The van der Waals surface area contributed by atoms with Crippen LogP contribution in [0.3, 0.4) is 0 Å². The second kappa shape index (κ2) is 68.6. The number of nitrogens with zero attached hydrogens (tertiary/aromatic N) is 1. The Kier molecular flexibility index (Phi) is 66.4. The van der Waals surface area contributed by atoms with Gasteiger partial charge >= 0.3 is 19.8 Å². The van der Waals surface area contributed by atoms with Crippen molar-refractivity contribution in [2.24, 2.45) is 0 Å². The van der Waals surface area contributed by atoms with E-state index >= 15 is 0 Å². The molecule has 0 heterocycles. The third kappa shape index (κ3) is 72.3. The van der Waals surface area contributed by atoms with Gasteiger partial charge in [-0.3, -0.25) is 18.6 Å². The Labute approximate surface area is 545 Å². The minimum Gasteiger partial charge on any atom is -0.462 e. The second-order valence-electron chi connectivity index (χ2n) is 26.3. The van der Waals surface area contributed by atoms with E-state index in [0.29, 0.717) is 23.9 Å². The van der Waals surface area contributed by atoms with Gasteiger partial charge < -0.3 is 18.9 Å². The summed E-state index contributed by atoms with van der Waals surface area (Å²) < 4.78 is 34.8. The lowest BCUT2D eigenvalue weighted by Gasteiger charge is -2.24. The molecule has 0 rings (SSSR count). The molecule has 0 aromatic rings. The third-order valence-corrected chi connectivity index (χ3v) is 17.4. The van der Waals surface area contributed by atoms with Gasteiger partial charge in [0.05, 0.1) is 27.7 Å². The number of carbonyl (C=O) groups is 2. The zero-order valence-electron chi connectivity index (χ0n) is 58.5. The highest BCUT2D eigenvalue weighted by Crippen LogP contribution is 2.43. The van der Waals surface area contributed by atoms with Crippen LogP contribution in [0.1, 0.15) is 348 Å². The molecule has 512 valence electrons. The van der Waals surface area contributed by atoms with E-state index in [0.717, 1.165) is 77.0 Å². The van der Waals surface area contributed by atoms with E-state index in [4.69, 9.17) is 18.5 Å². The number of esters is 2. The van der Waals surface area contributed by atoms with E-state index in [-0.39, 0.29) is 25.6 Å². The molecule has 1 N–H and O–H groups in total. The first kappa shape index (κ1) is 85.2. The Morgan fingerprint density at radius 2 is 0.648 bits per heavy atom. The first-order valence-electron chi connectivity index (χ1n) is 37.3. The summed E-state index contributed by atoms with van der Waals surface area (Å²) in [5, 5.41) is 0. The van der Waals surface area contributed by atoms with Gasteiger partial charge in [0.15, 0.2) is 6.10 Å². The molecule has 0 radical (unpaired) electrons. The number of unbranched alkanes of at least 4 members (excludes halogenated alkanes) is 41. The van der Waals surface area contributed by atoms with Crippen LogP contribution in [0, 0.1) is 0 Å². The van der Waals surface area contributed by atoms with Gasteiger partial charge in [-0.2, -0.15) is 0 Å². The van der Waals surface area contributed by atoms with Gasteiger partial charge in [0.1, 0.15) is 19.8 Å². The molecule has 0 aromatic heterocycles. The Morgan fingerprint density at radius 1 is 0.364 bits per heavy atom. The first-order valence-corrected chi connectivity index (χ1v) is 38.8. The van der Waals surface area contributed by atoms with Crippen LogP contribution in [0.25, 0.3) is 0 Å². The van der Waals surface area contributed by atoms with Gasteiger partial charge in [0.25, 0.3) is 0 Å². The molecule has 0 aliphatic carbocycles. The fourth-order valence-corrected chi connectivity index (χ4v) is 11.5. The van der Waals surface area contributed by atoms with Crippen LogP contribution in [0.15, 0.2) is 85.1 Å². The van der Waals surface area contributed by atoms with E-state index in [1.54, 1.807) is 0 Å². The third-order valence-electron chi connectivity index (χ3n) is 16.4. The number of hydrogen-bond acceptors (Lipinski definition) is 7. The summed E-state index contributed by atoms with van der Waals surface area (Å²) in [6.07, 6.45) is 94.2. The van der Waals surface area contributed by atoms with E-state index < -0.39 is 26.5 Å². The number of phosphoric ester groups is 1. The molecule has 88 heavy (non-hydrogen) atoms. The maximum atomic E-state index is 12.9. The van der Waals surface area contributed by atoms with E-state index in [1.807, 2.05) is 21.1 Å². The monoisotopic (exact) mass is 1250 g/mol. The molecule has 0 spiro atoms. The first-order chi connectivity index (χ1) is 43.0. The number of ether oxygens (including phenoxy) is 2. The molecule has 0 aliphatic rings. The van der Waals surface area contributed by atoms with Gasteiger partial charge in [-0.1, -0.05) is 349 Å². The molecular formula is C78H143NO8P+.